The molecule has 0 spiro atoms. The van der Waals surface area contributed by atoms with Crippen LogP contribution in [-0.2, 0) is 10.0 Å². The summed E-state index contributed by atoms with van der Waals surface area (Å²) in [5, 5.41) is 19.0. The number of aromatic hydroxyl groups is 2. The van der Waals surface area contributed by atoms with Crippen LogP contribution in [0.15, 0.2) is 17.0 Å². The first-order chi connectivity index (χ1) is 7.84. The molecule has 7 heteroatoms. The lowest BCUT2D eigenvalue weighted by molar-refractivity contribution is 0.387. The number of hydrogen-bond donors (Lipinski definition) is 2. The van der Waals surface area contributed by atoms with E-state index in [-0.39, 0.29) is 23.0 Å². The molecule has 1 rings (SSSR count). The normalized spacial score (nSPS) is 12.0. The van der Waals surface area contributed by atoms with Crippen LogP contribution in [0.3, 0.4) is 0 Å². The minimum Gasteiger partial charge on any atom is -0.504 e. The fraction of sp³-hybridized carbons (Fsp3) is 0.400. The largest absolute Gasteiger partial charge is 0.504 e. The summed E-state index contributed by atoms with van der Waals surface area (Å²) in [6.07, 6.45) is 0. The molecule has 0 amide bonds. The minimum atomic E-state index is -3.84. The van der Waals surface area contributed by atoms with E-state index in [0.29, 0.717) is 0 Å². The molecule has 96 valence electrons. The molecule has 0 fully saturated rings. The Morgan fingerprint density at radius 2 is 1.76 bits per heavy atom. The SMILES string of the molecule is CCN(CC)S(=O)(=O)c1cc(Cl)cc(O)c1O. The Balaban J connectivity index is 3.43. The molecule has 5 nitrogen and oxygen atoms in total. The highest BCUT2D eigenvalue weighted by Crippen LogP contribution is 2.36. The maximum atomic E-state index is 12.1. The second-order valence-electron chi connectivity index (χ2n) is 3.36. The summed E-state index contributed by atoms with van der Waals surface area (Å²) < 4.78 is 25.4. The van der Waals surface area contributed by atoms with E-state index in [9.17, 15) is 18.6 Å². The van der Waals surface area contributed by atoms with E-state index < -0.39 is 21.5 Å². The molecule has 2 N–H and O–H groups in total. The second-order valence-corrected chi connectivity index (χ2v) is 5.70. The predicted octanol–water partition coefficient (Wildman–Crippen LogP) is 1.78. The van der Waals surface area contributed by atoms with Crippen LogP contribution in [0.1, 0.15) is 13.8 Å². The van der Waals surface area contributed by atoms with E-state index in [0.717, 1.165) is 16.4 Å². The summed E-state index contributed by atoms with van der Waals surface area (Å²) in [6.45, 7) is 3.90. The quantitative estimate of drug-likeness (QED) is 0.824. The number of phenols is 2. The van der Waals surface area contributed by atoms with Gasteiger partial charge >= 0.3 is 0 Å². The molecule has 17 heavy (non-hydrogen) atoms. The maximum Gasteiger partial charge on any atom is 0.246 e. The van der Waals surface area contributed by atoms with Gasteiger partial charge in [0.05, 0.1) is 0 Å². The van der Waals surface area contributed by atoms with Crippen LogP contribution in [0.5, 0.6) is 11.5 Å². The molecule has 0 aliphatic carbocycles. The summed E-state index contributed by atoms with van der Waals surface area (Å²) >= 11 is 5.67. The molecule has 1 aromatic rings. The number of hydrogen-bond acceptors (Lipinski definition) is 4. The van der Waals surface area contributed by atoms with Crippen molar-refractivity contribution in [2.24, 2.45) is 0 Å². The van der Waals surface area contributed by atoms with Crippen LogP contribution >= 0.6 is 11.6 Å². The molecule has 0 bridgehead atoms. The number of phenolic OH excluding ortho intramolecular Hbond substituents is 2. The zero-order chi connectivity index (χ0) is 13.2. The monoisotopic (exact) mass is 279 g/mol. The van der Waals surface area contributed by atoms with Crippen molar-refractivity contribution in [2.75, 3.05) is 13.1 Å². The van der Waals surface area contributed by atoms with Crippen molar-refractivity contribution in [3.8, 4) is 11.5 Å². The molecule has 0 atom stereocenters. The lowest BCUT2D eigenvalue weighted by atomic mass is 10.3. The molecule has 0 saturated heterocycles. The fourth-order valence-electron chi connectivity index (χ4n) is 1.46. The standard InChI is InChI=1S/C10H14ClNO4S/c1-3-12(4-2)17(15,16)9-6-7(11)5-8(13)10(9)14/h5-6,13-14H,3-4H2,1-2H3. The third kappa shape index (κ3) is 2.65. The van der Waals surface area contributed by atoms with Crippen LogP contribution < -0.4 is 0 Å². The molecular formula is C10H14ClNO4S. The molecule has 1 aromatic carbocycles. The molecule has 0 aromatic heterocycles. The van der Waals surface area contributed by atoms with Crippen molar-refractivity contribution in [3.05, 3.63) is 17.2 Å². The highest BCUT2D eigenvalue weighted by Gasteiger charge is 2.27. The summed E-state index contributed by atoms with van der Waals surface area (Å²) in [5.74, 6) is -1.23. The van der Waals surface area contributed by atoms with Gasteiger partial charge in [-0.05, 0) is 6.07 Å². The van der Waals surface area contributed by atoms with Crippen molar-refractivity contribution in [2.45, 2.75) is 18.7 Å². The Bertz CT molecular complexity index is 511. The van der Waals surface area contributed by atoms with Gasteiger partial charge in [0.1, 0.15) is 4.90 Å². The van der Waals surface area contributed by atoms with Gasteiger partial charge < -0.3 is 10.2 Å². The number of nitrogens with zero attached hydrogens (tertiary/aromatic N) is 1. The molecule has 0 saturated carbocycles. The fourth-order valence-corrected chi connectivity index (χ4v) is 3.32. The molecular weight excluding hydrogens is 266 g/mol. The van der Waals surface area contributed by atoms with Crippen molar-refractivity contribution in [3.63, 3.8) is 0 Å². The Hall–Kier alpha value is -0.980. The zero-order valence-electron chi connectivity index (χ0n) is 9.51. The number of sulfonamides is 1. The molecule has 0 heterocycles. The van der Waals surface area contributed by atoms with Crippen LogP contribution in [0, 0.1) is 0 Å². The lowest BCUT2D eigenvalue weighted by Gasteiger charge is -2.19. The first kappa shape index (κ1) is 14.1. The van der Waals surface area contributed by atoms with Crippen molar-refractivity contribution in [1.82, 2.24) is 4.31 Å². The van der Waals surface area contributed by atoms with Gasteiger partial charge in [0.25, 0.3) is 0 Å². The van der Waals surface area contributed by atoms with Gasteiger partial charge in [-0.1, -0.05) is 25.4 Å². The van der Waals surface area contributed by atoms with Gasteiger partial charge in [0, 0.05) is 24.2 Å². The minimum absolute atomic E-state index is 0.0473. The smallest absolute Gasteiger partial charge is 0.246 e. The van der Waals surface area contributed by atoms with Gasteiger partial charge in [-0.15, -0.1) is 0 Å². The topological polar surface area (TPSA) is 77.8 Å². The second kappa shape index (κ2) is 5.12. The van der Waals surface area contributed by atoms with E-state index in [4.69, 9.17) is 11.6 Å². The van der Waals surface area contributed by atoms with Crippen LogP contribution in [0.4, 0.5) is 0 Å². The highest BCUT2D eigenvalue weighted by atomic mass is 35.5. The Labute approximate surface area is 105 Å². The third-order valence-electron chi connectivity index (χ3n) is 2.34. The average molecular weight is 280 g/mol. The summed E-state index contributed by atoms with van der Waals surface area (Å²) in [7, 11) is -3.84. The number of benzene rings is 1. The van der Waals surface area contributed by atoms with Crippen molar-refractivity contribution < 1.29 is 18.6 Å². The van der Waals surface area contributed by atoms with E-state index in [1.807, 2.05) is 0 Å². The summed E-state index contributed by atoms with van der Waals surface area (Å²) in [4.78, 5) is -0.383. The van der Waals surface area contributed by atoms with E-state index in [1.54, 1.807) is 13.8 Å². The van der Waals surface area contributed by atoms with Gasteiger partial charge in [0.2, 0.25) is 10.0 Å². The van der Waals surface area contributed by atoms with Crippen LogP contribution in [-0.4, -0.2) is 36.0 Å². The average Bonchev–Trinajstić information content (AvgIpc) is 2.24. The van der Waals surface area contributed by atoms with Gasteiger partial charge in [-0.3, -0.25) is 0 Å². The summed E-state index contributed by atoms with van der Waals surface area (Å²) in [6, 6.07) is 2.20. The van der Waals surface area contributed by atoms with Crippen molar-refractivity contribution in [1.29, 1.82) is 0 Å². The zero-order valence-corrected chi connectivity index (χ0v) is 11.1. The number of halogens is 1. The first-order valence-electron chi connectivity index (χ1n) is 5.06. The Morgan fingerprint density at radius 1 is 1.24 bits per heavy atom. The predicted molar refractivity (Wildman–Crippen MR) is 64.9 cm³/mol. The van der Waals surface area contributed by atoms with Crippen LogP contribution in [0.25, 0.3) is 0 Å². The number of rotatable bonds is 4. The summed E-state index contributed by atoms with van der Waals surface area (Å²) in [5.41, 5.74) is 0. The Morgan fingerprint density at radius 3 is 2.24 bits per heavy atom. The first-order valence-corrected chi connectivity index (χ1v) is 6.88. The Kier molecular flexibility index (Phi) is 4.24. The molecule has 0 unspecified atom stereocenters. The lowest BCUT2D eigenvalue weighted by Crippen LogP contribution is -2.30. The van der Waals surface area contributed by atoms with Crippen LogP contribution in [0.2, 0.25) is 5.02 Å². The van der Waals surface area contributed by atoms with Gasteiger partial charge in [-0.25, -0.2) is 8.42 Å². The highest BCUT2D eigenvalue weighted by molar-refractivity contribution is 7.89. The molecule has 0 radical (unpaired) electrons. The van der Waals surface area contributed by atoms with E-state index in [2.05, 4.69) is 0 Å². The van der Waals surface area contributed by atoms with Gasteiger partial charge in [0.15, 0.2) is 11.5 Å². The third-order valence-corrected chi connectivity index (χ3v) is 4.62. The maximum absolute atomic E-state index is 12.1. The van der Waals surface area contributed by atoms with Crippen molar-refractivity contribution >= 4 is 21.6 Å². The van der Waals surface area contributed by atoms with E-state index >= 15 is 0 Å². The molecule has 0 aliphatic heterocycles. The van der Waals surface area contributed by atoms with Gasteiger partial charge in [-0.2, -0.15) is 4.31 Å². The molecule has 0 aliphatic rings. The van der Waals surface area contributed by atoms with E-state index in [1.165, 1.54) is 0 Å².